The Kier molecular flexibility index (Phi) is 11.0. The van der Waals surface area contributed by atoms with Crippen molar-refractivity contribution in [2.24, 2.45) is 5.92 Å². The molecule has 270 valence electrons. The molecule has 0 saturated carbocycles. The van der Waals surface area contributed by atoms with Crippen LogP contribution in [-0.4, -0.2) is 73.5 Å². The van der Waals surface area contributed by atoms with Gasteiger partial charge in [-0.3, -0.25) is 14.3 Å². The van der Waals surface area contributed by atoms with Crippen molar-refractivity contribution in [2.45, 2.75) is 75.4 Å². The first kappa shape index (κ1) is 36.7. The highest BCUT2D eigenvalue weighted by Gasteiger charge is 2.66. The fourth-order valence-corrected chi connectivity index (χ4v) is 12.5. The maximum Gasteiger partial charge on any atom is 0.305 e. The Labute approximate surface area is 305 Å². The molecule has 1 saturated heterocycles. The van der Waals surface area contributed by atoms with Crippen molar-refractivity contribution in [3.63, 3.8) is 0 Å². The van der Waals surface area contributed by atoms with Gasteiger partial charge >= 0.3 is 5.97 Å². The molecule has 3 heterocycles. The van der Waals surface area contributed by atoms with E-state index in [2.05, 4.69) is 42.5 Å². The molecule has 1 fully saturated rings. The SMILES string of the molecule is COC(=O)CCCCN1C(=O)[C@]2(O[C@H](CCn3cc(C(CO)c4ccccc4)nn3)[C@@H]([Si](C)(C)c3ccc(OC)cc3)[C@@H]2C)c2cc(Cl)ccc21. The number of esters is 1. The molecule has 5 atom stereocenters. The first-order valence-corrected chi connectivity index (χ1v) is 21.1. The number of unbranched alkanes of at least 4 members (excludes halogenated alkanes) is 1. The molecule has 0 aliphatic carbocycles. The van der Waals surface area contributed by atoms with Crippen molar-refractivity contribution < 1.29 is 28.9 Å². The Morgan fingerprint density at radius 3 is 2.49 bits per heavy atom. The predicted molar refractivity (Wildman–Crippen MR) is 199 cm³/mol. The summed E-state index contributed by atoms with van der Waals surface area (Å²) < 4.78 is 19.3. The number of nitrogens with zero attached hydrogens (tertiary/aromatic N) is 4. The highest BCUT2D eigenvalue weighted by Crippen LogP contribution is 2.60. The number of hydrogen-bond acceptors (Lipinski definition) is 8. The number of aliphatic hydroxyl groups is 1. The molecular formula is C39H47ClN4O6Si. The molecule has 2 aliphatic rings. The van der Waals surface area contributed by atoms with Crippen LogP contribution < -0.4 is 14.8 Å². The summed E-state index contributed by atoms with van der Waals surface area (Å²) in [6, 6.07) is 23.7. The van der Waals surface area contributed by atoms with Crippen LogP contribution in [0, 0.1) is 5.92 Å². The lowest BCUT2D eigenvalue weighted by Gasteiger charge is -2.37. The lowest BCUT2D eigenvalue weighted by atomic mass is 9.82. The summed E-state index contributed by atoms with van der Waals surface area (Å²) in [7, 11) is 0.699. The lowest BCUT2D eigenvalue weighted by Crippen LogP contribution is -2.52. The molecule has 6 rings (SSSR count). The van der Waals surface area contributed by atoms with Crippen LogP contribution in [-0.2, 0) is 31.2 Å². The number of methoxy groups -OCH3 is 2. The number of ether oxygens (including phenoxy) is 3. The molecule has 4 aromatic rings. The van der Waals surface area contributed by atoms with Gasteiger partial charge in [-0.1, -0.05) is 84.5 Å². The second-order valence-corrected chi connectivity index (χ2v) is 19.3. The van der Waals surface area contributed by atoms with Crippen LogP contribution in [0.3, 0.4) is 0 Å². The van der Waals surface area contributed by atoms with Gasteiger partial charge in [0.1, 0.15) is 5.75 Å². The predicted octanol–water partition coefficient (Wildman–Crippen LogP) is 6.06. The third kappa shape index (κ3) is 6.96. The van der Waals surface area contributed by atoms with Crippen molar-refractivity contribution in [3.05, 3.63) is 101 Å². The second-order valence-electron chi connectivity index (χ2n) is 14.1. The van der Waals surface area contributed by atoms with E-state index in [1.165, 1.54) is 12.3 Å². The highest BCUT2D eigenvalue weighted by atomic mass is 35.5. The third-order valence-electron chi connectivity index (χ3n) is 11.0. The topological polar surface area (TPSA) is 116 Å². The molecular weight excluding hydrogens is 684 g/mol. The zero-order chi connectivity index (χ0) is 36.3. The van der Waals surface area contributed by atoms with Crippen LogP contribution >= 0.6 is 11.6 Å². The Balaban J connectivity index is 1.33. The minimum absolute atomic E-state index is 0.0402. The highest BCUT2D eigenvalue weighted by molar-refractivity contribution is 6.91. The molecule has 1 amide bonds. The molecule has 0 radical (unpaired) electrons. The number of carbonyl (C=O) groups is 2. The zero-order valence-electron chi connectivity index (χ0n) is 29.9. The maximum atomic E-state index is 14.9. The van der Waals surface area contributed by atoms with Gasteiger partial charge < -0.3 is 24.2 Å². The number of aromatic nitrogens is 3. The number of fused-ring (bicyclic) bond motifs is 2. The first-order valence-electron chi connectivity index (χ1n) is 17.6. The largest absolute Gasteiger partial charge is 0.497 e. The molecule has 1 spiro atoms. The Morgan fingerprint density at radius 1 is 1.06 bits per heavy atom. The van der Waals surface area contributed by atoms with Crippen molar-refractivity contribution in [1.82, 2.24) is 15.0 Å². The maximum absolute atomic E-state index is 14.9. The standard InChI is InChI=1S/C39H47ClN4O6Si/c1-26-37(51(4,5)30-17-15-29(48-2)16-18-30)35(20-22-43-24-33(41-42-43)31(25-45)27-11-7-6-8-12-27)50-39(26)32-23-28(40)14-19-34(32)44(38(39)47)21-10-9-13-36(46)49-3/h6-8,11-12,14-19,23-24,26,31,35,37,45H,9-10,13,20-22,25H2,1-5H3/t26-,31?,35+,37-,39+/m0/s1. The summed E-state index contributed by atoms with van der Waals surface area (Å²) in [5.41, 5.74) is 2.08. The summed E-state index contributed by atoms with van der Waals surface area (Å²) in [4.78, 5) is 28.5. The quantitative estimate of drug-likeness (QED) is 0.0946. The smallest absolute Gasteiger partial charge is 0.305 e. The molecule has 1 unspecified atom stereocenters. The molecule has 2 aliphatic heterocycles. The third-order valence-corrected chi connectivity index (χ3v) is 15.6. The number of aryl methyl sites for hydroxylation is 1. The molecule has 0 bridgehead atoms. The fraction of sp³-hybridized carbons (Fsp3) is 0.436. The van der Waals surface area contributed by atoms with Crippen LogP contribution in [0.4, 0.5) is 5.69 Å². The van der Waals surface area contributed by atoms with Crippen molar-refractivity contribution >= 4 is 42.4 Å². The lowest BCUT2D eigenvalue weighted by molar-refractivity contribution is -0.146. The Hall–Kier alpha value is -4.03. The van der Waals surface area contributed by atoms with E-state index < -0.39 is 13.7 Å². The van der Waals surface area contributed by atoms with Gasteiger partial charge in [-0.05, 0) is 60.7 Å². The number of anilines is 1. The monoisotopic (exact) mass is 730 g/mol. The number of benzene rings is 3. The van der Waals surface area contributed by atoms with E-state index in [4.69, 9.17) is 25.8 Å². The normalized spacial score (nSPS) is 22.0. The molecule has 1 N–H and O–H groups in total. The van der Waals surface area contributed by atoms with E-state index in [0.29, 0.717) is 49.5 Å². The van der Waals surface area contributed by atoms with Gasteiger partial charge in [0.15, 0.2) is 5.60 Å². The minimum Gasteiger partial charge on any atom is -0.497 e. The van der Waals surface area contributed by atoms with E-state index in [0.717, 1.165) is 22.6 Å². The van der Waals surface area contributed by atoms with Crippen LogP contribution in [0.25, 0.3) is 0 Å². The molecule has 1 aromatic heterocycles. The van der Waals surface area contributed by atoms with E-state index in [1.54, 1.807) is 7.11 Å². The zero-order valence-corrected chi connectivity index (χ0v) is 31.7. The number of amides is 1. The van der Waals surface area contributed by atoms with Crippen LogP contribution in [0.2, 0.25) is 23.7 Å². The number of carbonyl (C=O) groups excluding carboxylic acids is 2. The summed E-state index contributed by atoms with van der Waals surface area (Å²) in [6.45, 7) is 7.75. The van der Waals surface area contributed by atoms with Gasteiger partial charge in [-0.25, -0.2) is 0 Å². The summed E-state index contributed by atoms with van der Waals surface area (Å²) in [5, 5.41) is 20.9. The minimum atomic E-state index is -2.35. The van der Waals surface area contributed by atoms with Crippen molar-refractivity contribution in [1.29, 1.82) is 0 Å². The number of halogens is 1. The molecule has 3 aromatic carbocycles. The average molecular weight is 731 g/mol. The number of hydrogen-bond donors (Lipinski definition) is 1. The average Bonchev–Trinajstić information content (AvgIpc) is 3.79. The van der Waals surface area contributed by atoms with Gasteiger partial charge in [0.25, 0.3) is 5.91 Å². The molecule has 51 heavy (non-hydrogen) atoms. The Morgan fingerprint density at radius 2 is 1.80 bits per heavy atom. The van der Waals surface area contributed by atoms with E-state index in [9.17, 15) is 14.7 Å². The second kappa shape index (κ2) is 15.3. The Bertz CT molecular complexity index is 1840. The van der Waals surface area contributed by atoms with Gasteiger partial charge in [0.05, 0.1) is 52.3 Å². The summed E-state index contributed by atoms with van der Waals surface area (Å²) in [6.07, 6.45) is 3.75. The van der Waals surface area contributed by atoms with Gasteiger partial charge in [-0.2, -0.15) is 0 Å². The number of aliphatic hydroxyl groups excluding tert-OH is 1. The first-order chi connectivity index (χ1) is 24.5. The van der Waals surface area contributed by atoms with Gasteiger partial charge in [0, 0.05) is 42.2 Å². The van der Waals surface area contributed by atoms with E-state index in [1.807, 2.05) is 76.4 Å². The van der Waals surface area contributed by atoms with Crippen LogP contribution in [0.15, 0.2) is 79.0 Å². The van der Waals surface area contributed by atoms with Gasteiger partial charge in [-0.15, -0.1) is 5.10 Å². The number of rotatable bonds is 14. The van der Waals surface area contributed by atoms with E-state index >= 15 is 0 Å². The summed E-state index contributed by atoms with van der Waals surface area (Å²) >= 11 is 6.64. The van der Waals surface area contributed by atoms with Crippen molar-refractivity contribution in [3.8, 4) is 5.75 Å². The molecule has 10 nitrogen and oxygen atoms in total. The molecule has 12 heteroatoms. The summed E-state index contributed by atoms with van der Waals surface area (Å²) in [5.74, 6) is -0.0188. The fourth-order valence-electron chi connectivity index (χ4n) is 8.32. The van der Waals surface area contributed by atoms with Crippen LogP contribution in [0.1, 0.15) is 55.3 Å². The van der Waals surface area contributed by atoms with Crippen LogP contribution in [0.5, 0.6) is 5.75 Å². The van der Waals surface area contributed by atoms with Crippen molar-refractivity contribution in [2.75, 3.05) is 32.3 Å². The van der Waals surface area contributed by atoms with E-state index in [-0.39, 0.29) is 42.0 Å². The van der Waals surface area contributed by atoms with Gasteiger partial charge in [0.2, 0.25) is 0 Å².